The van der Waals surface area contributed by atoms with Gasteiger partial charge in [0, 0.05) is 30.1 Å². The van der Waals surface area contributed by atoms with E-state index in [0.717, 1.165) is 50.1 Å². The molecule has 26 heavy (non-hydrogen) atoms. The van der Waals surface area contributed by atoms with Gasteiger partial charge in [0.2, 0.25) is 0 Å². The molecule has 5 nitrogen and oxygen atoms in total. The van der Waals surface area contributed by atoms with Gasteiger partial charge in [0.1, 0.15) is 0 Å². The number of aliphatic imine (C=N–C) groups is 1. The summed E-state index contributed by atoms with van der Waals surface area (Å²) in [5.74, 6) is 0.849. The van der Waals surface area contributed by atoms with E-state index in [1.807, 2.05) is 12.1 Å². The van der Waals surface area contributed by atoms with Crippen molar-refractivity contribution in [3.8, 4) is 0 Å². The fourth-order valence-corrected chi connectivity index (χ4v) is 3.50. The summed E-state index contributed by atoms with van der Waals surface area (Å²) in [6.45, 7) is 6.65. The molecular weight excluding hydrogens is 350 g/mol. The summed E-state index contributed by atoms with van der Waals surface area (Å²) in [5, 5.41) is 7.46. The van der Waals surface area contributed by atoms with Crippen molar-refractivity contribution in [1.29, 1.82) is 0 Å². The monoisotopic (exact) mass is 379 g/mol. The van der Waals surface area contributed by atoms with Crippen molar-refractivity contribution in [2.75, 3.05) is 39.5 Å². The largest absolute Gasteiger partial charge is 0.377 e. The smallest absolute Gasteiger partial charge is 0.191 e. The third kappa shape index (κ3) is 5.60. The number of benzene rings is 1. The Morgan fingerprint density at radius 1 is 1.38 bits per heavy atom. The molecule has 0 spiro atoms. The maximum Gasteiger partial charge on any atom is 0.191 e. The molecule has 2 aliphatic rings. The molecule has 1 heterocycles. The fourth-order valence-electron chi connectivity index (χ4n) is 3.31. The number of guanidine groups is 1. The Morgan fingerprint density at radius 3 is 2.96 bits per heavy atom. The molecule has 144 valence electrons. The summed E-state index contributed by atoms with van der Waals surface area (Å²) in [6.07, 6.45) is 4.88. The van der Waals surface area contributed by atoms with Crippen LogP contribution in [0.25, 0.3) is 0 Å². The molecule has 1 aliphatic heterocycles. The summed E-state index contributed by atoms with van der Waals surface area (Å²) in [5.41, 5.74) is 1.45. The van der Waals surface area contributed by atoms with Crippen molar-refractivity contribution in [2.45, 2.75) is 44.1 Å². The van der Waals surface area contributed by atoms with Gasteiger partial charge in [-0.2, -0.15) is 0 Å². The molecule has 6 heteroatoms. The SMILES string of the molecule is CCNC(=NCC1(c2cccc(Cl)c2)CC1)NCCOCC1CCCO1. The van der Waals surface area contributed by atoms with Crippen molar-refractivity contribution in [3.63, 3.8) is 0 Å². The van der Waals surface area contributed by atoms with Crippen molar-refractivity contribution < 1.29 is 9.47 Å². The number of ether oxygens (including phenoxy) is 2. The molecule has 0 bridgehead atoms. The molecule has 1 aliphatic carbocycles. The zero-order valence-corrected chi connectivity index (χ0v) is 16.4. The van der Waals surface area contributed by atoms with Crippen molar-refractivity contribution >= 4 is 17.6 Å². The zero-order valence-electron chi connectivity index (χ0n) is 15.6. The minimum atomic E-state index is 0.156. The predicted octanol–water partition coefficient (Wildman–Crippen LogP) is 3.12. The second-order valence-corrected chi connectivity index (χ2v) is 7.56. The van der Waals surface area contributed by atoms with Crippen LogP contribution in [0.2, 0.25) is 5.02 Å². The van der Waals surface area contributed by atoms with Crippen LogP contribution >= 0.6 is 11.6 Å². The Labute approximate surface area is 161 Å². The molecule has 1 unspecified atom stereocenters. The van der Waals surface area contributed by atoms with Gasteiger partial charge in [0.15, 0.2) is 5.96 Å². The summed E-state index contributed by atoms with van der Waals surface area (Å²) in [4.78, 5) is 4.80. The second-order valence-electron chi connectivity index (χ2n) is 7.12. The molecule has 1 saturated heterocycles. The molecule has 0 aromatic heterocycles. The average Bonchev–Trinajstić information content (AvgIpc) is 3.26. The highest BCUT2D eigenvalue weighted by atomic mass is 35.5. The first kappa shape index (κ1) is 19.5. The summed E-state index contributed by atoms with van der Waals surface area (Å²) in [7, 11) is 0. The number of hydrogen-bond acceptors (Lipinski definition) is 3. The summed E-state index contributed by atoms with van der Waals surface area (Å²) in [6, 6.07) is 8.18. The van der Waals surface area contributed by atoms with Crippen molar-refractivity contribution in [3.05, 3.63) is 34.9 Å². The Kier molecular flexibility index (Phi) is 7.17. The van der Waals surface area contributed by atoms with Gasteiger partial charge in [0.05, 0.1) is 25.9 Å². The minimum absolute atomic E-state index is 0.156. The van der Waals surface area contributed by atoms with Crippen LogP contribution in [0.1, 0.15) is 38.2 Å². The first-order chi connectivity index (χ1) is 12.7. The lowest BCUT2D eigenvalue weighted by molar-refractivity contribution is 0.0191. The molecule has 1 aromatic carbocycles. The minimum Gasteiger partial charge on any atom is -0.377 e. The second kappa shape index (κ2) is 9.58. The zero-order chi connectivity index (χ0) is 18.2. The Bertz CT molecular complexity index is 598. The third-order valence-electron chi connectivity index (χ3n) is 5.04. The van der Waals surface area contributed by atoms with Crippen LogP contribution in [0, 0.1) is 0 Å². The lowest BCUT2D eigenvalue weighted by Crippen LogP contribution is -2.39. The first-order valence-corrected chi connectivity index (χ1v) is 10.1. The van der Waals surface area contributed by atoms with Crippen LogP contribution in [0.15, 0.2) is 29.3 Å². The topological polar surface area (TPSA) is 54.9 Å². The third-order valence-corrected chi connectivity index (χ3v) is 5.28. The maximum absolute atomic E-state index is 6.15. The molecular formula is C20H30ClN3O2. The van der Waals surface area contributed by atoms with E-state index in [-0.39, 0.29) is 11.5 Å². The summed E-state index contributed by atoms with van der Waals surface area (Å²) < 4.78 is 11.3. The van der Waals surface area contributed by atoms with Crippen molar-refractivity contribution in [2.24, 2.45) is 4.99 Å². The van der Waals surface area contributed by atoms with Gasteiger partial charge in [-0.05, 0) is 50.3 Å². The highest BCUT2D eigenvalue weighted by Crippen LogP contribution is 2.48. The number of halogens is 1. The molecule has 3 rings (SSSR count). The van der Waals surface area contributed by atoms with Crippen LogP contribution in [-0.2, 0) is 14.9 Å². The van der Waals surface area contributed by atoms with E-state index in [9.17, 15) is 0 Å². The van der Waals surface area contributed by atoms with Gasteiger partial charge < -0.3 is 20.1 Å². The standard InChI is InChI=1S/C20H30ClN3O2/c1-2-22-19(23-10-12-25-14-18-7-4-11-26-18)24-15-20(8-9-20)16-5-3-6-17(21)13-16/h3,5-6,13,18H,2,4,7-12,14-15H2,1H3,(H2,22,23,24). The van der Waals surface area contributed by atoms with E-state index in [1.165, 1.54) is 18.4 Å². The normalized spacial score (nSPS) is 21.6. The average molecular weight is 380 g/mol. The molecule has 0 amide bonds. The maximum atomic E-state index is 6.15. The van der Waals surface area contributed by atoms with E-state index in [2.05, 4.69) is 29.7 Å². The van der Waals surface area contributed by atoms with Gasteiger partial charge >= 0.3 is 0 Å². The quantitative estimate of drug-likeness (QED) is 0.393. The van der Waals surface area contributed by atoms with E-state index < -0.39 is 0 Å². The van der Waals surface area contributed by atoms with Gasteiger partial charge in [-0.25, -0.2) is 0 Å². The Morgan fingerprint density at radius 2 is 2.27 bits per heavy atom. The number of hydrogen-bond donors (Lipinski definition) is 2. The highest BCUT2D eigenvalue weighted by Gasteiger charge is 2.44. The van der Waals surface area contributed by atoms with Gasteiger partial charge in [-0.3, -0.25) is 4.99 Å². The van der Waals surface area contributed by atoms with E-state index in [4.69, 9.17) is 26.1 Å². The number of nitrogens with zero attached hydrogens (tertiary/aromatic N) is 1. The van der Waals surface area contributed by atoms with Crippen LogP contribution in [0.5, 0.6) is 0 Å². The predicted molar refractivity (Wildman–Crippen MR) is 106 cm³/mol. The molecule has 1 aromatic rings. The van der Waals surface area contributed by atoms with Crippen molar-refractivity contribution in [1.82, 2.24) is 10.6 Å². The summed E-state index contributed by atoms with van der Waals surface area (Å²) >= 11 is 6.15. The van der Waals surface area contributed by atoms with E-state index in [1.54, 1.807) is 0 Å². The van der Waals surface area contributed by atoms with E-state index in [0.29, 0.717) is 13.2 Å². The first-order valence-electron chi connectivity index (χ1n) is 9.69. The van der Waals surface area contributed by atoms with Crippen LogP contribution in [0.4, 0.5) is 0 Å². The Balaban J connectivity index is 1.44. The van der Waals surface area contributed by atoms with Gasteiger partial charge in [-0.15, -0.1) is 0 Å². The van der Waals surface area contributed by atoms with Crippen LogP contribution < -0.4 is 10.6 Å². The van der Waals surface area contributed by atoms with Gasteiger partial charge in [0.25, 0.3) is 0 Å². The molecule has 1 saturated carbocycles. The van der Waals surface area contributed by atoms with Crippen LogP contribution in [-0.4, -0.2) is 51.5 Å². The van der Waals surface area contributed by atoms with Gasteiger partial charge in [-0.1, -0.05) is 23.7 Å². The molecule has 2 fully saturated rings. The molecule has 1 atom stereocenters. The highest BCUT2D eigenvalue weighted by molar-refractivity contribution is 6.30. The number of nitrogens with one attached hydrogen (secondary N) is 2. The Hall–Kier alpha value is -1.30. The fraction of sp³-hybridized carbons (Fsp3) is 0.650. The molecule has 0 radical (unpaired) electrons. The lowest BCUT2D eigenvalue weighted by atomic mass is 9.96. The van der Waals surface area contributed by atoms with E-state index >= 15 is 0 Å². The molecule has 2 N–H and O–H groups in total. The number of rotatable bonds is 9. The lowest BCUT2D eigenvalue weighted by Gasteiger charge is -2.16. The van der Waals surface area contributed by atoms with Crippen LogP contribution in [0.3, 0.4) is 0 Å².